The van der Waals surface area contributed by atoms with E-state index in [1.165, 1.54) is 37.8 Å². The number of rotatable bonds is 6. The fourth-order valence-corrected chi connectivity index (χ4v) is 8.32. The molecule has 1 saturated heterocycles. The first kappa shape index (κ1) is 19.9. The number of phenols is 1. The Bertz CT molecular complexity index is 963. The third-order valence-corrected chi connectivity index (χ3v) is 9.29. The monoisotopic (exact) mass is 597 g/mol. The normalized spacial score (nSPS) is 36.0. The van der Waals surface area contributed by atoms with Crippen LogP contribution in [0, 0.1) is 5.92 Å². The van der Waals surface area contributed by atoms with Crippen molar-refractivity contribution in [2.75, 3.05) is 19.3 Å². The second-order valence-electron chi connectivity index (χ2n) is 9.57. The summed E-state index contributed by atoms with van der Waals surface area (Å²) in [7, 11) is 2.75. The topological polar surface area (TPSA) is 62.2 Å². The molecule has 0 aromatic heterocycles. The van der Waals surface area contributed by atoms with Gasteiger partial charge in [-0.3, -0.25) is 0 Å². The molecule has 2 aliphatic heterocycles. The SMILES string of the molecule is Oc1ccc2c3c1O[C@H]1C(O[C](=[W])CCP)=CC[C@@]4(O)[C@@H](C2)N(CC2CC2)CC[C@]314. The van der Waals surface area contributed by atoms with E-state index in [0.717, 1.165) is 59.8 Å². The van der Waals surface area contributed by atoms with Crippen molar-refractivity contribution in [3.05, 3.63) is 35.1 Å². The van der Waals surface area contributed by atoms with Crippen molar-refractivity contribution in [3.8, 4) is 11.5 Å². The molecule has 7 heteroatoms. The van der Waals surface area contributed by atoms with Gasteiger partial charge in [0, 0.05) is 0 Å². The number of ether oxygens (including phenoxy) is 2. The molecule has 2 N–H and O–H groups in total. The van der Waals surface area contributed by atoms with Gasteiger partial charge in [0.15, 0.2) is 0 Å². The van der Waals surface area contributed by atoms with Gasteiger partial charge in [0.1, 0.15) is 0 Å². The van der Waals surface area contributed by atoms with E-state index in [1.54, 1.807) is 6.07 Å². The van der Waals surface area contributed by atoms with Crippen LogP contribution in [0.5, 0.6) is 11.5 Å². The van der Waals surface area contributed by atoms with E-state index in [2.05, 4.69) is 20.2 Å². The molecule has 30 heavy (non-hydrogen) atoms. The summed E-state index contributed by atoms with van der Waals surface area (Å²) >= 11 is 1.33. The Hall–Kier alpha value is -0.732. The number of aromatic hydroxyl groups is 1. The Morgan fingerprint density at radius 3 is 2.97 bits per heavy atom. The van der Waals surface area contributed by atoms with E-state index in [-0.39, 0.29) is 17.9 Å². The zero-order valence-corrected chi connectivity index (χ0v) is 21.1. The molecule has 1 saturated carbocycles. The average Bonchev–Trinajstić information content (AvgIpc) is 3.45. The predicted octanol–water partition coefficient (Wildman–Crippen LogP) is 2.41. The summed E-state index contributed by atoms with van der Waals surface area (Å²) in [5, 5.41) is 23.0. The molecule has 5 atom stereocenters. The average molecular weight is 597 g/mol. The molecular weight excluding hydrogens is 569 g/mol. The van der Waals surface area contributed by atoms with Crippen LogP contribution in [0.3, 0.4) is 0 Å². The number of nitrogens with zero attached hydrogens (tertiary/aromatic N) is 1. The van der Waals surface area contributed by atoms with Gasteiger partial charge >= 0.3 is 191 Å². The molecule has 3 aliphatic carbocycles. The van der Waals surface area contributed by atoms with Gasteiger partial charge in [-0.2, -0.15) is 0 Å². The molecule has 5 aliphatic rings. The second-order valence-corrected chi connectivity index (χ2v) is 11.8. The molecule has 1 unspecified atom stereocenters. The number of benzene rings is 1. The Balaban J connectivity index is 1.48. The number of piperidine rings is 1. The maximum atomic E-state index is 12.4. The van der Waals surface area contributed by atoms with Crippen LogP contribution in [0.4, 0.5) is 0 Å². The molecule has 1 spiro atoms. The van der Waals surface area contributed by atoms with Gasteiger partial charge in [-0.05, 0) is 0 Å². The Morgan fingerprint density at radius 2 is 2.20 bits per heavy atom. The van der Waals surface area contributed by atoms with Crippen LogP contribution in [0.2, 0.25) is 0 Å². The van der Waals surface area contributed by atoms with Crippen molar-refractivity contribution >= 4 is 13.3 Å². The molecular formula is C23H28NO4PW. The van der Waals surface area contributed by atoms with E-state index >= 15 is 0 Å². The predicted molar refractivity (Wildman–Crippen MR) is 114 cm³/mol. The van der Waals surface area contributed by atoms with Gasteiger partial charge in [-0.1, -0.05) is 0 Å². The van der Waals surface area contributed by atoms with E-state index in [0.29, 0.717) is 12.2 Å². The molecule has 2 bridgehead atoms. The second kappa shape index (κ2) is 6.88. The van der Waals surface area contributed by atoms with Crippen LogP contribution in [0.1, 0.15) is 43.2 Å². The molecule has 160 valence electrons. The summed E-state index contributed by atoms with van der Waals surface area (Å²) in [4.78, 5) is 2.54. The summed E-state index contributed by atoms with van der Waals surface area (Å²) < 4.78 is 13.8. The van der Waals surface area contributed by atoms with E-state index in [4.69, 9.17) is 9.47 Å². The van der Waals surface area contributed by atoms with Crippen LogP contribution in [0.15, 0.2) is 24.0 Å². The minimum absolute atomic E-state index is 0.0847. The summed E-state index contributed by atoms with van der Waals surface area (Å²) in [6.07, 6.45) is 8.42. The van der Waals surface area contributed by atoms with Gasteiger partial charge in [-0.25, -0.2) is 0 Å². The molecule has 5 nitrogen and oxygen atoms in total. The summed E-state index contributed by atoms with van der Waals surface area (Å²) in [6, 6.07) is 3.89. The van der Waals surface area contributed by atoms with Crippen molar-refractivity contribution in [3.63, 3.8) is 0 Å². The Labute approximate surface area is 190 Å². The van der Waals surface area contributed by atoms with Crippen LogP contribution in [-0.2, 0) is 35.9 Å². The van der Waals surface area contributed by atoms with Gasteiger partial charge in [0.2, 0.25) is 0 Å². The van der Waals surface area contributed by atoms with Gasteiger partial charge in [0.05, 0.1) is 0 Å². The van der Waals surface area contributed by atoms with E-state index < -0.39 is 11.0 Å². The van der Waals surface area contributed by atoms with Crippen molar-refractivity contribution in [2.24, 2.45) is 5.92 Å². The fourth-order valence-electron chi connectivity index (χ4n) is 6.47. The first-order chi connectivity index (χ1) is 14.5. The van der Waals surface area contributed by atoms with Crippen LogP contribution in [0.25, 0.3) is 0 Å². The van der Waals surface area contributed by atoms with Crippen LogP contribution < -0.4 is 4.74 Å². The third-order valence-electron chi connectivity index (χ3n) is 7.97. The summed E-state index contributed by atoms with van der Waals surface area (Å²) in [5.74, 6) is 2.35. The van der Waals surface area contributed by atoms with Crippen LogP contribution in [-0.4, -0.2) is 56.2 Å². The zero-order valence-electron chi connectivity index (χ0n) is 17.0. The first-order valence-corrected chi connectivity index (χ1v) is 13.4. The molecule has 1 aromatic carbocycles. The number of aliphatic hydroxyl groups is 1. The first-order valence-electron chi connectivity index (χ1n) is 11.1. The van der Waals surface area contributed by atoms with Crippen molar-refractivity contribution < 1.29 is 39.0 Å². The molecule has 1 aromatic rings. The Kier molecular flexibility index (Phi) is 4.57. The third kappa shape index (κ3) is 2.59. The number of hydrogen-bond donors (Lipinski definition) is 2. The van der Waals surface area contributed by atoms with E-state index in [1.807, 2.05) is 6.07 Å². The molecule has 6 rings (SSSR count). The number of hydrogen-bond acceptors (Lipinski definition) is 5. The molecule has 0 radical (unpaired) electrons. The standard InChI is InChI=1S/C23H28NO4P.W/c25-16-5-4-15-12-18-23(26)7-6-17(27-10-1-11-29)21-22(23,19(15)20(16)28-21)8-9-24(18)13-14-2-3-14;/h4-6,14,18,21,25-26H,1-3,7-9,11-13,29H2;/t18-,21+,22+,23-;/m1./s1. The number of phenolic OH excluding ortho intramolecular Hbond substituents is 1. The quantitative estimate of drug-likeness (QED) is 0.494. The van der Waals surface area contributed by atoms with Crippen molar-refractivity contribution in [1.29, 1.82) is 0 Å². The fraction of sp³-hybridized carbons (Fsp3) is 0.609. The van der Waals surface area contributed by atoms with Crippen molar-refractivity contribution in [1.82, 2.24) is 4.90 Å². The van der Waals surface area contributed by atoms with E-state index in [9.17, 15) is 10.2 Å². The molecule has 2 fully saturated rings. The van der Waals surface area contributed by atoms with Gasteiger partial charge < -0.3 is 0 Å². The van der Waals surface area contributed by atoms with Crippen molar-refractivity contribution in [2.45, 2.75) is 61.7 Å². The minimum atomic E-state index is -0.898. The van der Waals surface area contributed by atoms with Crippen LogP contribution >= 0.6 is 9.24 Å². The van der Waals surface area contributed by atoms with Gasteiger partial charge in [-0.15, -0.1) is 0 Å². The molecule has 0 amide bonds. The maximum absolute atomic E-state index is 12.4. The molecule has 2 heterocycles. The summed E-state index contributed by atoms with van der Waals surface area (Å²) in [6.45, 7) is 2.05. The number of likely N-dealkylation sites (tertiary alicyclic amines) is 1. The van der Waals surface area contributed by atoms with Gasteiger partial charge in [0.25, 0.3) is 0 Å². The summed E-state index contributed by atoms with van der Waals surface area (Å²) in [5.41, 5.74) is 0.825. The Morgan fingerprint density at radius 1 is 1.37 bits per heavy atom. The zero-order chi connectivity index (χ0) is 20.7.